The van der Waals surface area contributed by atoms with Gasteiger partial charge in [0.25, 0.3) is 0 Å². The fraction of sp³-hybridized carbons (Fsp3) is 0.294. The Labute approximate surface area is 169 Å². The van der Waals surface area contributed by atoms with E-state index in [-0.39, 0.29) is 35.8 Å². The molecule has 0 amide bonds. The van der Waals surface area contributed by atoms with Crippen molar-refractivity contribution in [2.24, 2.45) is 0 Å². The number of nitrogens with two attached hydrogens (primary N) is 1. The highest BCUT2D eigenvalue weighted by Gasteiger charge is 2.39. The number of nitrogens with zero attached hydrogens (tertiary/aromatic N) is 4. The number of aliphatic hydroxyl groups excluding tert-OH is 1. The zero-order valence-corrected chi connectivity index (χ0v) is 16.4. The van der Waals surface area contributed by atoms with E-state index in [1.807, 2.05) is 0 Å². The summed E-state index contributed by atoms with van der Waals surface area (Å²) in [5, 5.41) is 22.2. The van der Waals surface area contributed by atoms with Gasteiger partial charge in [0, 0.05) is 23.6 Å². The van der Waals surface area contributed by atoms with Crippen molar-refractivity contribution in [3.05, 3.63) is 46.6 Å². The lowest BCUT2D eigenvalue weighted by Crippen LogP contribution is -2.15. The largest absolute Gasteiger partial charge is 0.417 e. The van der Waals surface area contributed by atoms with E-state index in [2.05, 4.69) is 25.6 Å². The number of H-pyrrole nitrogens is 1. The minimum Gasteiger partial charge on any atom is -0.392 e. The van der Waals surface area contributed by atoms with Crippen molar-refractivity contribution in [3.63, 3.8) is 0 Å². The Morgan fingerprint density at radius 2 is 1.93 bits per heavy atom. The molecule has 0 fully saturated rings. The number of nitrogens with one attached hydrogen (secondary N) is 1. The van der Waals surface area contributed by atoms with Gasteiger partial charge in [0.15, 0.2) is 9.84 Å². The Kier molecular flexibility index (Phi) is 5.76. The Balaban J connectivity index is 2.13. The molecule has 0 aliphatic rings. The van der Waals surface area contributed by atoms with E-state index < -0.39 is 26.5 Å². The number of sulfone groups is 1. The molecule has 2 heterocycles. The van der Waals surface area contributed by atoms with Crippen molar-refractivity contribution >= 4 is 15.7 Å². The van der Waals surface area contributed by atoms with Gasteiger partial charge in [-0.25, -0.2) is 13.4 Å². The summed E-state index contributed by atoms with van der Waals surface area (Å²) in [6, 6.07) is 3.55. The molecule has 0 saturated heterocycles. The summed E-state index contributed by atoms with van der Waals surface area (Å²) in [7, 11) is -4.30. The molecule has 4 N–H and O–H groups in total. The van der Waals surface area contributed by atoms with Gasteiger partial charge in [-0.05, 0) is 41.3 Å². The molecule has 0 radical (unpaired) electrons. The number of alkyl halides is 3. The fourth-order valence-corrected chi connectivity index (χ4v) is 4.24. The van der Waals surface area contributed by atoms with Gasteiger partial charge in [0.05, 0.1) is 17.1 Å². The van der Waals surface area contributed by atoms with Gasteiger partial charge in [0.2, 0.25) is 5.82 Å². The minimum absolute atomic E-state index is 0.154. The van der Waals surface area contributed by atoms with E-state index in [1.54, 1.807) is 6.07 Å². The lowest BCUT2D eigenvalue weighted by molar-refractivity contribution is -0.139. The summed E-state index contributed by atoms with van der Waals surface area (Å²) in [5.41, 5.74) is 5.45. The molecule has 3 rings (SSSR count). The Morgan fingerprint density at radius 1 is 1.20 bits per heavy atom. The number of tetrazole rings is 1. The molecule has 0 spiro atoms. The fourth-order valence-electron chi connectivity index (χ4n) is 3.07. The quantitative estimate of drug-likeness (QED) is 0.521. The maximum absolute atomic E-state index is 13.5. The lowest BCUT2D eigenvalue weighted by atomic mass is 9.97. The van der Waals surface area contributed by atoms with Gasteiger partial charge in [0.1, 0.15) is 5.82 Å². The van der Waals surface area contributed by atoms with Crippen LogP contribution in [0, 0.1) is 0 Å². The number of aromatic amines is 1. The summed E-state index contributed by atoms with van der Waals surface area (Å²) in [6.07, 6.45) is -2.28. The van der Waals surface area contributed by atoms with Crippen LogP contribution in [0.2, 0.25) is 0 Å². The number of nitrogen functional groups attached to an aromatic ring is 1. The van der Waals surface area contributed by atoms with Crippen molar-refractivity contribution in [2.75, 3.05) is 12.0 Å². The van der Waals surface area contributed by atoms with Gasteiger partial charge in [-0.3, -0.25) is 0 Å². The predicted octanol–water partition coefficient (Wildman–Crippen LogP) is 1.54. The first-order valence-electron chi connectivity index (χ1n) is 8.53. The van der Waals surface area contributed by atoms with Crippen LogP contribution in [0.1, 0.15) is 22.3 Å². The maximum Gasteiger partial charge on any atom is 0.417 e. The molecule has 13 heteroatoms. The highest BCUT2D eigenvalue weighted by Crippen LogP contribution is 2.40. The molecule has 0 aliphatic heterocycles. The summed E-state index contributed by atoms with van der Waals surface area (Å²) in [5.74, 6) is -0.0920. The number of aryl methyl sites for hydroxylation is 2. The van der Waals surface area contributed by atoms with Crippen molar-refractivity contribution in [1.29, 1.82) is 0 Å². The van der Waals surface area contributed by atoms with E-state index >= 15 is 0 Å². The molecule has 160 valence electrons. The standard InChI is InChI=1S/C17H17F3N6O3S/c1-30(28,29)14-12(17(18,19)20)5-4-10(13(14)16-23-25-26-24-16)3-2-9-6-11(8-27)15(21)22-7-9/h4-7,27H,2-3,8H2,1H3,(H2,21,22)(H,23,24,25,26). The molecule has 1 aromatic carbocycles. The van der Waals surface area contributed by atoms with Crippen LogP contribution in [0.5, 0.6) is 0 Å². The minimum atomic E-state index is -4.90. The van der Waals surface area contributed by atoms with Crippen LogP contribution in [-0.4, -0.2) is 45.4 Å². The first kappa shape index (κ1) is 21.6. The van der Waals surface area contributed by atoms with E-state index in [9.17, 15) is 26.7 Å². The number of rotatable bonds is 6. The summed E-state index contributed by atoms with van der Waals surface area (Å²) < 4.78 is 65.2. The maximum atomic E-state index is 13.5. The number of halogens is 3. The Bertz CT molecular complexity index is 1160. The van der Waals surface area contributed by atoms with E-state index in [4.69, 9.17) is 5.73 Å². The average molecular weight is 442 g/mol. The van der Waals surface area contributed by atoms with Crippen molar-refractivity contribution in [2.45, 2.75) is 30.5 Å². The summed E-state index contributed by atoms with van der Waals surface area (Å²) >= 11 is 0. The second-order valence-electron chi connectivity index (χ2n) is 6.53. The van der Waals surface area contributed by atoms with E-state index in [1.165, 1.54) is 12.3 Å². The zero-order chi connectivity index (χ0) is 22.1. The number of hydrogen-bond donors (Lipinski definition) is 3. The van der Waals surface area contributed by atoms with Gasteiger partial charge in [-0.1, -0.05) is 6.07 Å². The van der Waals surface area contributed by atoms with Crippen molar-refractivity contribution in [1.82, 2.24) is 25.6 Å². The highest BCUT2D eigenvalue weighted by molar-refractivity contribution is 7.91. The van der Waals surface area contributed by atoms with Crippen LogP contribution in [0.4, 0.5) is 19.0 Å². The predicted molar refractivity (Wildman–Crippen MR) is 99.7 cm³/mol. The van der Waals surface area contributed by atoms with Crippen LogP contribution in [0.25, 0.3) is 11.4 Å². The second kappa shape index (κ2) is 7.99. The number of benzene rings is 1. The van der Waals surface area contributed by atoms with Crippen LogP contribution in [0.3, 0.4) is 0 Å². The molecule has 0 unspecified atom stereocenters. The molecule has 3 aromatic rings. The molecule has 0 bridgehead atoms. The van der Waals surface area contributed by atoms with Crippen LogP contribution in [-0.2, 0) is 35.5 Å². The van der Waals surface area contributed by atoms with Gasteiger partial charge < -0.3 is 10.8 Å². The molecular weight excluding hydrogens is 425 g/mol. The van der Waals surface area contributed by atoms with Crippen LogP contribution in [0.15, 0.2) is 29.3 Å². The van der Waals surface area contributed by atoms with E-state index in [0.717, 1.165) is 6.07 Å². The summed E-state index contributed by atoms with van der Waals surface area (Å²) in [6.45, 7) is -0.320. The normalized spacial score (nSPS) is 12.3. The van der Waals surface area contributed by atoms with Crippen LogP contribution < -0.4 is 5.73 Å². The third-order valence-corrected chi connectivity index (χ3v) is 5.57. The Morgan fingerprint density at radius 3 is 2.50 bits per heavy atom. The number of hydrogen-bond acceptors (Lipinski definition) is 8. The first-order valence-corrected chi connectivity index (χ1v) is 10.4. The van der Waals surface area contributed by atoms with Gasteiger partial charge >= 0.3 is 6.18 Å². The molecule has 30 heavy (non-hydrogen) atoms. The number of pyridine rings is 1. The monoisotopic (exact) mass is 442 g/mol. The number of aromatic nitrogens is 5. The smallest absolute Gasteiger partial charge is 0.392 e. The zero-order valence-electron chi connectivity index (χ0n) is 15.6. The average Bonchev–Trinajstić information content (AvgIpc) is 3.19. The molecule has 0 atom stereocenters. The Hall–Kier alpha value is -3.06. The number of anilines is 1. The van der Waals surface area contributed by atoms with E-state index in [0.29, 0.717) is 23.8 Å². The number of aliphatic hydroxyl groups is 1. The van der Waals surface area contributed by atoms with Crippen LogP contribution >= 0.6 is 0 Å². The second-order valence-corrected chi connectivity index (χ2v) is 8.48. The molecule has 2 aromatic heterocycles. The van der Waals surface area contributed by atoms with Gasteiger partial charge in [-0.2, -0.15) is 18.4 Å². The van der Waals surface area contributed by atoms with Gasteiger partial charge in [-0.15, -0.1) is 10.2 Å². The summed E-state index contributed by atoms with van der Waals surface area (Å²) in [4.78, 5) is 3.07. The molecule has 0 saturated carbocycles. The SMILES string of the molecule is CS(=O)(=O)c1c(C(F)(F)F)ccc(CCc2cnc(N)c(CO)c2)c1-c1nn[nH]n1. The van der Waals surface area contributed by atoms with Crippen molar-refractivity contribution < 1.29 is 26.7 Å². The highest BCUT2D eigenvalue weighted by atomic mass is 32.2. The molecule has 9 nitrogen and oxygen atoms in total. The topological polar surface area (TPSA) is 148 Å². The molecule has 0 aliphatic carbocycles. The first-order chi connectivity index (χ1) is 14.0. The third-order valence-electron chi connectivity index (χ3n) is 4.40. The lowest BCUT2D eigenvalue weighted by Gasteiger charge is -2.17. The molecular formula is C17H17F3N6O3S. The third kappa shape index (κ3) is 4.41. The van der Waals surface area contributed by atoms with Crippen molar-refractivity contribution in [3.8, 4) is 11.4 Å².